The molecule has 1 atom stereocenters. The second kappa shape index (κ2) is 12.1. The summed E-state index contributed by atoms with van der Waals surface area (Å²) in [5, 5.41) is 3.16. The summed E-state index contributed by atoms with van der Waals surface area (Å²) < 4.78 is 38.6. The van der Waals surface area contributed by atoms with Crippen LogP contribution in [0.4, 0.5) is 19.0 Å². The lowest BCUT2D eigenvalue weighted by Gasteiger charge is -2.40. The third-order valence-electron chi connectivity index (χ3n) is 5.59. The van der Waals surface area contributed by atoms with Crippen molar-refractivity contribution >= 4 is 41.0 Å². The molecule has 0 radical (unpaired) electrons. The second-order valence-corrected chi connectivity index (χ2v) is 10.4. The van der Waals surface area contributed by atoms with Gasteiger partial charge in [-0.3, -0.25) is 9.59 Å². The molecule has 1 aromatic carbocycles. The molecule has 0 saturated carbocycles. The zero-order valence-electron chi connectivity index (χ0n) is 20.3. The van der Waals surface area contributed by atoms with Crippen molar-refractivity contribution < 1.29 is 22.8 Å². The van der Waals surface area contributed by atoms with E-state index in [1.807, 2.05) is 30.6 Å². The van der Waals surface area contributed by atoms with Crippen molar-refractivity contribution in [2.75, 3.05) is 30.3 Å². The van der Waals surface area contributed by atoms with Crippen LogP contribution in [0.1, 0.15) is 38.3 Å². The van der Waals surface area contributed by atoms with Crippen LogP contribution in [0, 0.1) is 5.92 Å². The number of benzene rings is 1. The lowest BCUT2D eigenvalue weighted by atomic mass is 10.1. The van der Waals surface area contributed by atoms with Crippen molar-refractivity contribution in [2.24, 2.45) is 5.92 Å². The third kappa shape index (κ3) is 7.99. The van der Waals surface area contributed by atoms with Crippen LogP contribution in [-0.2, 0) is 22.3 Å². The second-order valence-electron chi connectivity index (χ2n) is 9.08. The minimum atomic E-state index is -4.44. The van der Waals surface area contributed by atoms with Crippen LogP contribution in [0.5, 0.6) is 0 Å². The molecule has 2 heterocycles. The van der Waals surface area contributed by atoms with Crippen LogP contribution in [0.2, 0.25) is 5.15 Å². The SMILES string of the molecule is CC(C)CC(=O)N1CCN(c2cc(Cl)nc(SCC(=O)NCc3cccc(C(F)(F)F)c3)n2)CC1C. The van der Waals surface area contributed by atoms with Gasteiger partial charge < -0.3 is 15.1 Å². The van der Waals surface area contributed by atoms with E-state index in [0.717, 1.165) is 23.9 Å². The highest BCUT2D eigenvalue weighted by molar-refractivity contribution is 7.99. The molecule has 1 saturated heterocycles. The molecular formula is C24H29ClF3N5O2S. The summed E-state index contributed by atoms with van der Waals surface area (Å²) in [6, 6.07) is 6.48. The monoisotopic (exact) mass is 543 g/mol. The van der Waals surface area contributed by atoms with Gasteiger partial charge in [-0.05, 0) is 30.5 Å². The maximum Gasteiger partial charge on any atom is 0.416 e. The van der Waals surface area contributed by atoms with Gasteiger partial charge in [0.1, 0.15) is 11.0 Å². The molecule has 2 amide bonds. The maximum atomic E-state index is 12.9. The molecule has 1 fully saturated rings. The summed E-state index contributed by atoms with van der Waals surface area (Å²) >= 11 is 7.29. The molecule has 2 aromatic rings. The van der Waals surface area contributed by atoms with Crippen molar-refractivity contribution in [1.82, 2.24) is 20.2 Å². The molecule has 0 aliphatic carbocycles. The summed E-state index contributed by atoms with van der Waals surface area (Å²) in [6.45, 7) is 7.79. The van der Waals surface area contributed by atoms with Gasteiger partial charge in [0.2, 0.25) is 11.8 Å². The topological polar surface area (TPSA) is 78.4 Å². The number of nitrogens with one attached hydrogen (secondary N) is 1. The average molecular weight is 544 g/mol. The quantitative estimate of drug-likeness (QED) is 0.297. The van der Waals surface area contributed by atoms with Gasteiger partial charge in [-0.25, -0.2) is 9.97 Å². The first-order valence-corrected chi connectivity index (χ1v) is 12.9. The molecule has 0 spiro atoms. The Hall–Kier alpha value is -2.53. The Morgan fingerprint density at radius 3 is 2.64 bits per heavy atom. The van der Waals surface area contributed by atoms with E-state index in [9.17, 15) is 22.8 Å². The van der Waals surface area contributed by atoms with E-state index in [1.165, 1.54) is 12.1 Å². The standard InChI is InChI=1S/C24H29ClF3N5O2S/c1-15(2)9-22(35)33-8-7-32(13-16(33)3)20-11-19(25)30-23(31-20)36-14-21(34)29-12-17-5-4-6-18(10-17)24(26,27)28/h4-6,10-11,15-16H,7-9,12-14H2,1-3H3,(H,29,34). The molecule has 1 aromatic heterocycles. The number of nitrogens with zero attached hydrogens (tertiary/aromatic N) is 4. The molecule has 1 aliphatic heterocycles. The molecule has 1 aliphatic rings. The third-order valence-corrected chi connectivity index (χ3v) is 6.63. The van der Waals surface area contributed by atoms with Crippen molar-refractivity contribution in [2.45, 2.75) is 51.1 Å². The number of carbonyl (C=O) groups excluding carboxylic acids is 2. The highest BCUT2D eigenvalue weighted by Gasteiger charge is 2.30. The van der Waals surface area contributed by atoms with Gasteiger partial charge in [-0.1, -0.05) is 49.3 Å². The van der Waals surface area contributed by atoms with E-state index in [2.05, 4.69) is 15.3 Å². The summed E-state index contributed by atoms with van der Waals surface area (Å²) in [6.07, 6.45) is -3.92. The number of hydrogen-bond acceptors (Lipinski definition) is 6. The minimum absolute atomic E-state index is 0.0106. The van der Waals surface area contributed by atoms with Gasteiger partial charge in [-0.2, -0.15) is 13.2 Å². The number of thioether (sulfide) groups is 1. The fraction of sp³-hybridized carbons (Fsp3) is 0.500. The summed E-state index contributed by atoms with van der Waals surface area (Å²) in [5.74, 6) is 0.667. The van der Waals surface area contributed by atoms with E-state index >= 15 is 0 Å². The first-order valence-electron chi connectivity index (χ1n) is 11.6. The number of anilines is 1. The first kappa shape index (κ1) is 28.0. The van der Waals surface area contributed by atoms with Gasteiger partial charge in [0.25, 0.3) is 0 Å². The van der Waals surface area contributed by atoms with Crippen LogP contribution in [0.3, 0.4) is 0 Å². The average Bonchev–Trinajstić information content (AvgIpc) is 2.80. The normalized spacial score (nSPS) is 16.4. The summed E-state index contributed by atoms with van der Waals surface area (Å²) in [5.41, 5.74) is -0.410. The Morgan fingerprint density at radius 2 is 1.97 bits per heavy atom. The number of aromatic nitrogens is 2. The van der Waals surface area contributed by atoms with Crippen molar-refractivity contribution in [1.29, 1.82) is 0 Å². The Bertz CT molecular complexity index is 1090. The molecule has 36 heavy (non-hydrogen) atoms. The van der Waals surface area contributed by atoms with Gasteiger partial charge in [0.05, 0.1) is 11.3 Å². The van der Waals surface area contributed by atoms with Crippen molar-refractivity contribution in [3.05, 3.63) is 46.6 Å². The molecular weight excluding hydrogens is 515 g/mol. The van der Waals surface area contributed by atoms with Crippen LogP contribution in [-0.4, -0.2) is 58.1 Å². The van der Waals surface area contributed by atoms with Crippen LogP contribution in [0.15, 0.2) is 35.5 Å². The zero-order valence-corrected chi connectivity index (χ0v) is 21.9. The highest BCUT2D eigenvalue weighted by atomic mass is 35.5. The Labute approximate surface area is 217 Å². The predicted molar refractivity (Wildman–Crippen MR) is 134 cm³/mol. The van der Waals surface area contributed by atoms with Crippen molar-refractivity contribution in [3.63, 3.8) is 0 Å². The Kier molecular flexibility index (Phi) is 9.46. The summed E-state index contributed by atoms with van der Waals surface area (Å²) in [7, 11) is 0. The number of rotatable bonds is 8. The largest absolute Gasteiger partial charge is 0.416 e. The van der Waals surface area contributed by atoms with Crippen LogP contribution >= 0.6 is 23.4 Å². The summed E-state index contributed by atoms with van der Waals surface area (Å²) in [4.78, 5) is 37.4. The van der Waals surface area contributed by atoms with E-state index in [-0.39, 0.29) is 35.3 Å². The van der Waals surface area contributed by atoms with Crippen molar-refractivity contribution in [3.8, 4) is 0 Å². The molecule has 1 N–H and O–H groups in total. The lowest BCUT2D eigenvalue weighted by molar-refractivity contribution is -0.137. The zero-order chi connectivity index (χ0) is 26.5. The molecule has 0 bridgehead atoms. The molecule has 196 valence electrons. The molecule has 7 nitrogen and oxygen atoms in total. The fourth-order valence-electron chi connectivity index (χ4n) is 3.85. The van der Waals surface area contributed by atoms with Gasteiger partial charge in [0, 0.05) is 44.7 Å². The fourth-order valence-corrected chi connectivity index (χ4v) is 4.77. The van der Waals surface area contributed by atoms with Crippen LogP contribution in [0.25, 0.3) is 0 Å². The number of piperazine rings is 1. The van der Waals surface area contributed by atoms with E-state index in [1.54, 1.807) is 6.07 Å². The minimum Gasteiger partial charge on any atom is -0.353 e. The first-order chi connectivity index (χ1) is 16.9. The number of hydrogen-bond donors (Lipinski definition) is 1. The highest BCUT2D eigenvalue weighted by Crippen LogP contribution is 2.29. The van der Waals surface area contributed by atoms with E-state index < -0.39 is 11.7 Å². The number of alkyl halides is 3. The van der Waals surface area contributed by atoms with Gasteiger partial charge in [-0.15, -0.1) is 0 Å². The predicted octanol–water partition coefficient (Wildman–Crippen LogP) is 4.64. The van der Waals surface area contributed by atoms with E-state index in [0.29, 0.717) is 48.5 Å². The van der Waals surface area contributed by atoms with Gasteiger partial charge >= 0.3 is 6.18 Å². The Morgan fingerprint density at radius 1 is 1.22 bits per heavy atom. The number of carbonyl (C=O) groups is 2. The number of halogens is 4. The smallest absolute Gasteiger partial charge is 0.353 e. The maximum absolute atomic E-state index is 12.9. The van der Waals surface area contributed by atoms with E-state index in [4.69, 9.17) is 11.6 Å². The lowest BCUT2D eigenvalue weighted by Crippen LogP contribution is -2.54. The van der Waals surface area contributed by atoms with Gasteiger partial charge in [0.15, 0.2) is 5.16 Å². The molecule has 12 heteroatoms. The number of amides is 2. The molecule has 1 unspecified atom stereocenters. The Balaban J connectivity index is 1.55. The molecule has 3 rings (SSSR count). The van der Waals surface area contributed by atoms with Crippen LogP contribution < -0.4 is 10.2 Å².